The van der Waals surface area contributed by atoms with Crippen LogP contribution in [0.4, 0.5) is 5.69 Å². The van der Waals surface area contributed by atoms with Gasteiger partial charge in [0, 0.05) is 22.3 Å². The molecule has 0 bridgehead atoms. The molecule has 20 heavy (non-hydrogen) atoms. The molecule has 0 aliphatic rings. The van der Waals surface area contributed by atoms with Gasteiger partial charge in [0.1, 0.15) is 10.9 Å². The van der Waals surface area contributed by atoms with Crippen LogP contribution in [0.15, 0.2) is 39.4 Å². The largest absolute Gasteiger partial charge is 0.495 e. The fraction of sp³-hybridized carbons (Fsp3) is 0.0769. The van der Waals surface area contributed by atoms with E-state index in [1.807, 2.05) is 0 Å². The van der Waals surface area contributed by atoms with Gasteiger partial charge in [0.05, 0.1) is 17.3 Å². The topological polar surface area (TPSA) is 51.2 Å². The summed E-state index contributed by atoms with van der Waals surface area (Å²) in [6.07, 6.45) is 1.48. The number of ether oxygens (including phenoxy) is 1. The van der Waals surface area contributed by atoms with E-state index in [0.29, 0.717) is 17.0 Å². The predicted octanol–water partition coefficient (Wildman–Crippen LogP) is 4.52. The molecule has 0 saturated heterocycles. The minimum Gasteiger partial charge on any atom is -0.495 e. The van der Waals surface area contributed by atoms with E-state index in [0.717, 1.165) is 8.95 Å². The third-order valence-electron chi connectivity index (χ3n) is 2.48. The first-order valence-corrected chi connectivity index (χ1v) is 7.43. The number of pyridine rings is 1. The number of methoxy groups -OCH3 is 1. The molecule has 7 heteroatoms. The van der Waals surface area contributed by atoms with Crippen molar-refractivity contribution >= 4 is 55.1 Å². The summed E-state index contributed by atoms with van der Waals surface area (Å²) < 4.78 is 6.72. The second-order valence-corrected chi connectivity index (χ2v) is 5.88. The van der Waals surface area contributed by atoms with Crippen molar-refractivity contribution in [1.29, 1.82) is 0 Å². The molecule has 1 aromatic heterocycles. The molecule has 0 spiro atoms. The summed E-state index contributed by atoms with van der Waals surface area (Å²) >= 11 is 12.5. The molecule has 0 aliphatic carbocycles. The Kier molecular flexibility index (Phi) is 5.01. The van der Waals surface area contributed by atoms with E-state index in [1.54, 1.807) is 25.3 Å². The van der Waals surface area contributed by atoms with Gasteiger partial charge in [0.2, 0.25) is 0 Å². The van der Waals surface area contributed by atoms with E-state index in [1.165, 1.54) is 12.3 Å². The normalized spacial score (nSPS) is 10.2. The Morgan fingerprint density at radius 2 is 2.05 bits per heavy atom. The van der Waals surface area contributed by atoms with E-state index in [-0.39, 0.29) is 11.1 Å². The zero-order valence-electron chi connectivity index (χ0n) is 10.3. The molecule has 0 saturated carbocycles. The number of halogens is 3. The summed E-state index contributed by atoms with van der Waals surface area (Å²) in [5.74, 6) is 0.343. The Bertz CT molecular complexity index is 665. The van der Waals surface area contributed by atoms with E-state index in [2.05, 4.69) is 42.2 Å². The Balaban J connectivity index is 2.28. The number of aromatic nitrogens is 1. The average molecular weight is 420 g/mol. The van der Waals surface area contributed by atoms with Gasteiger partial charge >= 0.3 is 0 Å². The lowest BCUT2D eigenvalue weighted by molar-refractivity contribution is 0.102. The van der Waals surface area contributed by atoms with Crippen LogP contribution >= 0.6 is 43.5 Å². The average Bonchev–Trinajstić information content (AvgIpc) is 2.41. The first-order valence-electron chi connectivity index (χ1n) is 5.47. The van der Waals surface area contributed by atoms with Gasteiger partial charge in [-0.1, -0.05) is 11.6 Å². The van der Waals surface area contributed by atoms with Crippen molar-refractivity contribution in [1.82, 2.24) is 4.98 Å². The Labute approximate surface area is 137 Å². The van der Waals surface area contributed by atoms with Crippen molar-refractivity contribution in [3.05, 3.63) is 50.1 Å². The van der Waals surface area contributed by atoms with Gasteiger partial charge in [-0.15, -0.1) is 0 Å². The third-order valence-corrected chi connectivity index (χ3v) is 3.96. The summed E-state index contributed by atoms with van der Waals surface area (Å²) in [6, 6.07) is 6.61. The van der Waals surface area contributed by atoms with Gasteiger partial charge in [-0.3, -0.25) is 4.79 Å². The molecule has 0 unspecified atom stereocenters. The van der Waals surface area contributed by atoms with E-state index in [4.69, 9.17) is 16.3 Å². The van der Waals surface area contributed by atoms with Crippen LogP contribution in [0.3, 0.4) is 0 Å². The van der Waals surface area contributed by atoms with E-state index in [9.17, 15) is 4.79 Å². The second-order valence-electron chi connectivity index (χ2n) is 3.79. The molecule has 1 N–H and O–H groups in total. The lowest BCUT2D eigenvalue weighted by Gasteiger charge is -2.11. The monoisotopic (exact) mass is 418 g/mol. The molecule has 0 atom stereocenters. The van der Waals surface area contributed by atoms with E-state index < -0.39 is 0 Å². The van der Waals surface area contributed by atoms with Crippen LogP contribution in [0.25, 0.3) is 0 Å². The first-order chi connectivity index (χ1) is 9.51. The molecule has 1 heterocycles. The van der Waals surface area contributed by atoms with Crippen molar-refractivity contribution in [2.75, 3.05) is 12.4 Å². The van der Waals surface area contributed by atoms with Gasteiger partial charge in [-0.05, 0) is 50.1 Å². The van der Waals surface area contributed by atoms with Gasteiger partial charge in [-0.25, -0.2) is 4.98 Å². The maximum Gasteiger partial charge on any atom is 0.255 e. The van der Waals surface area contributed by atoms with Crippen LogP contribution in [0.2, 0.25) is 5.15 Å². The van der Waals surface area contributed by atoms with Crippen molar-refractivity contribution in [2.24, 2.45) is 0 Å². The fourth-order valence-electron chi connectivity index (χ4n) is 1.52. The lowest BCUT2D eigenvalue weighted by Crippen LogP contribution is -2.12. The number of nitrogens with zero attached hydrogens (tertiary/aromatic N) is 1. The van der Waals surface area contributed by atoms with Crippen LogP contribution in [0.1, 0.15) is 10.4 Å². The molecular formula is C13H9Br2ClN2O2. The van der Waals surface area contributed by atoms with Crippen LogP contribution in [-0.2, 0) is 0 Å². The van der Waals surface area contributed by atoms with Crippen LogP contribution in [0.5, 0.6) is 5.75 Å². The fourth-order valence-corrected chi connectivity index (χ4v) is 2.95. The SMILES string of the molecule is COc1cc(NC(=O)c2ccnc(Cl)c2)c(Br)cc1Br. The highest BCUT2D eigenvalue weighted by Gasteiger charge is 2.12. The van der Waals surface area contributed by atoms with Crippen molar-refractivity contribution in [2.45, 2.75) is 0 Å². The van der Waals surface area contributed by atoms with Crippen LogP contribution in [0, 0.1) is 0 Å². The summed E-state index contributed by atoms with van der Waals surface area (Å²) in [5.41, 5.74) is 1.03. The summed E-state index contributed by atoms with van der Waals surface area (Å²) in [5, 5.41) is 3.05. The van der Waals surface area contributed by atoms with Crippen LogP contribution in [-0.4, -0.2) is 18.0 Å². The minimum atomic E-state index is -0.278. The number of anilines is 1. The molecule has 0 radical (unpaired) electrons. The zero-order chi connectivity index (χ0) is 14.7. The number of carbonyl (C=O) groups is 1. The number of carbonyl (C=O) groups excluding carboxylic acids is 1. The lowest BCUT2D eigenvalue weighted by atomic mass is 10.2. The first kappa shape index (κ1) is 15.3. The van der Waals surface area contributed by atoms with Gasteiger partial charge in [0.15, 0.2) is 0 Å². The minimum absolute atomic E-state index is 0.269. The van der Waals surface area contributed by atoms with E-state index >= 15 is 0 Å². The highest BCUT2D eigenvalue weighted by molar-refractivity contribution is 9.11. The predicted molar refractivity (Wildman–Crippen MR) is 85.6 cm³/mol. The van der Waals surface area contributed by atoms with Crippen LogP contribution < -0.4 is 10.1 Å². The van der Waals surface area contributed by atoms with Crippen molar-refractivity contribution < 1.29 is 9.53 Å². The van der Waals surface area contributed by atoms with Gasteiger partial charge in [-0.2, -0.15) is 0 Å². The molecule has 1 aromatic carbocycles. The van der Waals surface area contributed by atoms with Crippen molar-refractivity contribution in [3.63, 3.8) is 0 Å². The maximum absolute atomic E-state index is 12.1. The Morgan fingerprint density at radius 3 is 2.70 bits per heavy atom. The second kappa shape index (κ2) is 6.56. The third kappa shape index (κ3) is 3.50. The highest BCUT2D eigenvalue weighted by atomic mass is 79.9. The highest BCUT2D eigenvalue weighted by Crippen LogP contribution is 2.34. The standard InChI is InChI=1S/C13H9Br2ClN2O2/c1-20-11-6-10(8(14)5-9(11)15)18-13(19)7-2-3-17-12(16)4-7/h2-6H,1H3,(H,18,19). The van der Waals surface area contributed by atoms with Gasteiger partial charge in [0.25, 0.3) is 5.91 Å². The smallest absolute Gasteiger partial charge is 0.255 e. The number of hydrogen-bond acceptors (Lipinski definition) is 3. The Morgan fingerprint density at radius 1 is 1.30 bits per heavy atom. The summed E-state index contributed by atoms with van der Waals surface area (Å²) in [6.45, 7) is 0. The molecule has 0 aliphatic heterocycles. The summed E-state index contributed by atoms with van der Waals surface area (Å²) in [4.78, 5) is 16.0. The number of nitrogens with one attached hydrogen (secondary N) is 1. The molecule has 2 rings (SSSR count). The number of rotatable bonds is 3. The summed E-state index contributed by atoms with van der Waals surface area (Å²) in [7, 11) is 1.56. The molecule has 0 fully saturated rings. The molecule has 2 aromatic rings. The number of benzene rings is 1. The van der Waals surface area contributed by atoms with Crippen molar-refractivity contribution in [3.8, 4) is 5.75 Å². The maximum atomic E-state index is 12.1. The Hall–Kier alpha value is -1.11. The number of hydrogen-bond donors (Lipinski definition) is 1. The molecule has 4 nitrogen and oxygen atoms in total. The number of amides is 1. The zero-order valence-corrected chi connectivity index (χ0v) is 14.2. The molecular weight excluding hydrogens is 411 g/mol. The molecule has 104 valence electrons. The molecule has 1 amide bonds. The quantitative estimate of drug-likeness (QED) is 0.743. The van der Waals surface area contributed by atoms with Gasteiger partial charge < -0.3 is 10.1 Å².